The first kappa shape index (κ1) is 13.8. The Morgan fingerprint density at radius 3 is 2.71 bits per heavy atom. The van der Waals surface area contributed by atoms with Crippen LogP contribution in [0.3, 0.4) is 0 Å². The van der Waals surface area contributed by atoms with Gasteiger partial charge in [0.05, 0.1) is 0 Å². The number of hydrogen-bond donors (Lipinski definition) is 1. The second-order valence-corrected chi connectivity index (χ2v) is 5.27. The molecule has 17 heavy (non-hydrogen) atoms. The van der Waals surface area contributed by atoms with Crippen molar-refractivity contribution in [2.24, 2.45) is 0 Å². The zero-order valence-electron chi connectivity index (χ0n) is 10.5. The van der Waals surface area contributed by atoms with Crippen LogP contribution in [0.1, 0.15) is 39.4 Å². The summed E-state index contributed by atoms with van der Waals surface area (Å²) in [6.45, 7) is 6.96. The summed E-state index contributed by atoms with van der Waals surface area (Å²) in [4.78, 5) is 8.68. The Hall–Kier alpha value is -1.27. The van der Waals surface area contributed by atoms with E-state index in [1.165, 1.54) is 0 Å². The van der Waals surface area contributed by atoms with Crippen molar-refractivity contribution in [1.29, 1.82) is 0 Å². The molecule has 0 aliphatic rings. The van der Waals surface area contributed by atoms with Gasteiger partial charge in [-0.15, -0.1) is 12.3 Å². The van der Waals surface area contributed by atoms with Gasteiger partial charge in [-0.1, -0.05) is 32.4 Å². The van der Waals surface area contributed by atoms with Gasteiger partial charge in [-0.25, -0.2) is 9.97 Å². The van der Waals surface area contributed by atoms with Crippen LogP contribution < -0.4 is 5.32 Å². The summed E-state index contributed by atoms with van der Waals surface area (Å²) in [5.41, 5.74) is -0.111. The maximum atomic E-state index is 5.97. The van der Waals surface area contributed by atoms with Gasteiger partial charge in [0.2, 0.25) is 0 Å². The van der Waals surface area contributed by atoms with E-state index >= 15 is 0 Å². The highest BCUT2D eigenvalue weighted by atomic mass is 35.5. The average Bonchev–Trinajstić information content (AvgIpc) is 2.22. The Bertz CT molecular complexity index is 416. The number of terminal acetylenes is 1. The molecule has 0 atom stereocenters. The van der Waals surface area contributed by atoms with Crippen LogP contribution in [-0.2, 0) is 5.41 Å². The first-order valence-electron chi connectivity index (χ1n) is 5.66. The van der Waals surface area contributed by atoms with Crippen molar-refractivity contribution in [2.75, 3.05) is 11.9 Å². The van der Waals surface area contributed by atoms with Gasteiger partial charge in [-0.2, -0.15) is 0 Å². The Labute approximate surface area is 108 Å². The number of unbranched alkanes of at least 4 members (excludes halogenated alkanes) is 1. The lowest BCUT2D eigenvalue weighted by molar-refractivity contribution is 0.546. The number of hydrogen-bond acceptors (Lipinski definition) is 3. The highest BCUT2D eigenvalue weighted by Gasteiger charge is 2.18. The molecule has 0 aliphatic heterocycles. The van der Waals surface area contributed by atoms with E-state index in [9.17, 15) is 0 Å². The van der Waals surface area contributed by atoms with E-state index in [1.54, 1.807) is 6.07 Å². The van der Waals surface area contributed by atoms with Gasteiger partial charge in [0.25, 0.3) is 0 Å². The van der Waals surface area contributed by atoms with Crippen molar-refractivity contribution in [1.82, 2.24) is 9.97 Å². The van der Waals surface area contributed by atoms with Crippen molar-refractivity contribution in [3.8, 4) is 12.3 Å². The van der Waals surface area contributed by atoms with E-state index < -0.39 is 0 Å². The molecular weight excluding hydrogens is 234 g/mol. The zero-order valence-corrected chi connectivity index (χ0v) is 11.3. The Morgan fingerprint density at radius 2 is 2.12 bits per heavy atom. The second kappa shape index (κ2) is 5.88. The summed E-state index contributed by atoms with van der Waals surface area (Å²) in [6.07, 6.45) is 6.87. The molecule has 0 aromatic carbocycles. The lowest BCUT2D eigenvalue weighted by atomic mass is 9.96. The van der Waals surface area contributed by atoms with Gasteiger partial charge in [0, 0.05) is 24.4 Å². The molecule has 1 aromatic heterocycles. The minimum absolute atomic E-state index is 0.111. The van der Waals surface area contributed by atoms with Crippen LogP contribution in [0.15, 0.2) is 6.07 Å². The quantitative estimate of drug-likeness (QED) is 0.507. The summed E-state index contributed by atoms with van der Waals surface area (Å²) in [5, 5.41) is 3.66. The standard InChI is InChI=1S/C13H18ClN3/c1-5-6-7-8-15-11-9-10(14)16-12(17-11)13(2,3)4/h1,9H,6-8H2,2-4H3,(H,15,16,17). The molecule has 0 radical (unpaired) electrons. The zero-order chi connectivity index (χ0) is 12.9. The highest BCUT2D eigenvalue weighted by molar-refractivity contribution is 6.29. The molecule has 0 saturated heterocycles. The van der Waals surface area contributed by atoms with E-state index in [2.05, 4.69) is 42.0 Å². The van der Waals surface area contributed by atoms with Crippen LogP contribution in [0, 0.1) is 12.3 Å². The van der Waals surface area contributed by atoms with E-state index in [1.807, 2.05) is 0 Å². The molecule has 1 N–H and O–H groups in total. The summed E-state index contributed by atoms with van der Waals surface area (Å²) in [7, 11) is 0. The maximum absolute atomic E-state index is 5.97. The molecular formula is C13H18ClN3. The lowest BCUT2D eigenvalue weighted by Gasteiger charge is -2.17. The molecule has 0 saturated carbocycles. The first-order valence-corrected chi connectivity index (χ1v) is 6.03. The van der Waals surface area contributed by atoms with Crippen LogP contribution in [0.25, 0.3) is 0 Å². The third-order valence-corrected chi connectivity index (χ3v) is 2.36. The van der Waals surface area contributed by atoms with Gasteiger partial charge in [-0.05, 0) is 6.42 Å². The predicted octanol–water partition coefficient (Wildman–Crippen LogP) is 3.25. The van der Waals surface area contributed by atoms with Crippen LogP contribution >= 0.6 is 11.6 Å². The Morgan fingerprint density at radius 1 is 1.41 bits per heavy atom. The normalized spacial score (nSPS) is 11.0. The van der Waals surface area contributed by atoms with Gasteiger partial charge in [0.15, 0.2) is 0 Å². The maximum Gasteiger partial charge on any atom is 0.137 e. The average molecular weight is 252 g/mol. The number of halogens is 1. The molecule has 1 rings (SSSR count). The lowest BCUT2D eigenvalue weighted by Crippen LogP contribution is -2.17. The van der Waals surface area contributed by atoms with Gasteiger partial charge < -0.3 is 5.32 Å². The number of anilines is 1. The largest absolute Gasteiger partial charge is 0.370 e. The summed E-state index contributed by atoms with van der Waals surface area (Å²) in [6, 6.07) is 1.73. The van der Waals surface area contributed by atoms with E-state index in [0.29, 0.717) is 5.15 Å². The highest BCUT2D eigenvalue weighted by Crippen LogP contribution is 2.22. The second-order valence-electron chi connectivity index (χ2n) is 4.88. The summed E-state index contributed by atoms with van der Waals surface area (Å²) < 4.78 is 0. The minimum atomic E-state index is -0.111. The van der Waals surface area contributed by atoms with E-state index in [-0.39, 0.29) is 5.41 Å². The van der Waals surface area contributed by atoms with E-state index in [4.69, 9.17) is 18.0 Å². The molecule has 92 valence electrons. The molecule has 0 bridgehead atoms. The number of nitrogens with zero attached hydrogens (tertiary/aromatic N) is 2. The van der Waals surface area contributed by atoms with Gasteiger partial charge in [0.1, 0.15) is 16.8 Å². The van der Waals surface area contributed by atoms with Crippen molar-refractivity contribution >= 4 is 17.4 Å². The third-order valence-electron chi connectivity index (χ3n) is 2.17. The van der Waals surface area contributed by atoms with Crippen molar-refractivity contribution in [3.63, 3.8) is 0 Å². The topological polar surface area (TPSA) is 37.8 Å². The third kappa shape index (κ3) is 4.62. The molecule has 1 aromatic rings. The fraction of sp³-hybridized carbons (Fsp3) is 0.538. The molecule has 1 heterocycles. The predicted molar refractivity (Wildman–Crippen MR) is 72.3 cm³/mol. The molecule has 3 nitrogen and oxygen atoms in total. The number of rotatable bonds is 4. The SMILES string of the molecule is C#CCCCNc1cc(Cl)nc(C(C)(C)C)n1. The van der Waals surface area contributed by atoms with Gasteiger partial charge in [-0.3, -0.25) is 0 Å². The van der Waals surface area contributed by atoms with Crippen molar-refractivity contribution in [3.05, 3.63) is 17.0 Å². The Kier molecular flexibility index (Phi) is 4.77. The Balaban J connectivity index is 2.73. The fourth-order valence-corrected chi connectivity index (χ4v) is 1.43. The minimum Gasteiger partial charge on any atom is -0.370 e. The monoisotopic (exact) mass is 251 g/mol. The van der Waals surface area contributed by atoms with Crippen LogP contribution in [0.4, 0.5) is 5.82 Å². The van der Waals surface area contributed by atoms with Crippen LogP contribution in [0.2, 0.25) is 5.15 Å². The van der Waals surface area contributed by atoms with Crippen LogP contribution in [-0.4, -0.2) is 16.5 Å². The smallest absolute Gasteiger partial charge is 0.137 e. The fourth-order valence-electron chi connectivity index (χ4n) is 1.25. The van der Waals surface area contributed by atoms with E-state index in [0.717, 1.165) is 31.0 Å². The number of nitrogens with one attached hydrogen (secondary N) is 1. The van der Waals surface area contributed by atoms with Gasteiger partial charge >= 0.3 is 0 Å². The summed E-state index contributed by atoms with van der Waals surface area (Å²) >= 11 is 5.97. The number of aromatic nitrogens is 2. The van der Waals surface area contributed by atoms with Crippen LogP contribution in [0.5, 0.6) is 0 Å². The molecule has 0 aliphatic carbocycles. The molecule has 4 heteroatoms. The molecule has 0 amide bonds. The summed E-state index contributed by atoms with van der Waals surface area (Å²) in [5.74, 6) is 4.10. The van der Waals surface area contributed by atoms with Crippen molar-refractivity contribution in [2.45, 2.75) is 39.0 Å². The molecule has 0 spiro atoms. The van der Waals surface area contributed by atoms with Crippen molar-refractivity contribution < 1.29 is 0 Å². The molecule has 0 unspecified atom stereocenters. The molecule has 0 fully saturated rings. The first-order chi connectivity index (χ1) is 7.93.